The quantitative estimate of drug-likeness (QED) is 0.604. The molecule has 0 amide bonds. The standard InChI is InChI=1S/C14H7Br2FN2O/c15-8-5-12-14(19-7-8)13(3-4-18-12)20-9-1-2-10(16)11(17)6-9/h1-7H. The lowest BCUT2D eigenvalue weighted by Gasteiger charge is -2.08. The van der Waals surface area contributed by atoms with Gasteiger partial charge in [0, 0.05) is 29.0 Å². The Bertz CT molecular complexity index is 795. The van der Waals surface area contributed by atoms with Crippen LogP contribution >= 0.6 is 31.9 Å². The van der Waals surface area contributed by atoms with Crippen molar-refractivity contribution in [2.45, 2.75) is 0 Å². The Hall–Kier alpha value is -1.53. The molecule has 0 spiro atoms. The van der Waals surface area contributed by atoms with E-state index in [1.165, 1.54) is 6.07 Å². The molecule has 0 saturated heterocycles. The van der Waals surface area contributed by atoms with Crippen molar-refractivity contribution in [1.29, 1.82) is 0 Å². The molecule has 0 atom stereocenters. The van der Waals surface area contributed by atoms with Gasteiger partial charge >= 0.3 is 0 Å². The molecule has 3 aromatic rings. The summed E-state index contributed by atoms with van der Waals surface area (Å²) >= 11 is 6.45. The van der Waals surface area contributed by atoms with Crippen LogP contribution in [0.2, 0.25) is 0 Å². The van der Waals surface area contributed by atoms with Gasteiger partial charge in [-0.25, -0.2) is 9.37 Å². The number of ether oxygens (including phenoxy) is 1. The molecule has 1 aromatic carbocycles. The summed E-state index contributed by atoms with van der Waals surface area (Å²) in [6.07, 6.45) is 3.29. The monoisotopic (exact) mass is 396 g/mol. The molecular weight excluding hydrogens is 391 g/mol. The molecule has 6 heteroatoms. The molecule has 2 heterocycles. The number of hydrogen-bond donors (Lipinski definition) is 0. The van der Waals surface area contributed by atoms with Crippen molar-refractivity contribution in [1.82, 2.24) is 9.97 Å². The summed E-state index contributed by atoms with van der Waals surface area (Å²) in [5.74, 6) is 0.559. The topological polar surface area (TPSA) is 35.0 Å². The SMILES string of the molecule is Fc1cc(Oc2ccnc3cc(Br)cnc23)ccc1Br. The van der Waals surface area contributed by atoms with Crippen LogP contribution in [0, 0.1) is 5.82 Å². The van der Waals surface area contributed by atoms with E-state index in [4.69, 9.17) is 4.74 Å². The van der Waals surface area contributed by atoms with E-state index in [2.05, 4.69) is 41.8 Å². The highest BCUT2D eigenvalue weighted by Gasteiger charge is 2.08. The smallest absolute Gasteiger partial charge is 0.156 e. The lowest BCUT2D eigenvalue weighted by Crippen LogP contribution is -1.91. The van der Waals surface area contributed by atoms with Crippen molar-refractivity contribution >= 4 is 42.9 Å². The van der Waals surface area contributed by atoms with E-state index >= 15 is 0 Å². The highest BCUT2D eigenvalue weighted by Crippen LogP contribution is 2.30. The third kappa shape index (κ3) is 2.66. The predicted octanol–water partition coefficient (Wildman–Crippen LogP) is 5.09. The molecule has 2 aromatic heterocycles. The maximum Gasteiger partial charge on any atom is 0.156 e. The van der Waals surface area contributed by atoms with Gasteiger partial charge in [-0.1, -0.05) is 0 Å². The first-order valence-corrected chi connectivity index (χ1v) is 7.25. The van der Waals surface area contributed by atoms with E-state index in [0.717, 1.165) is 4.47 Å². The van der Waals surface area contributed by atoms with Crippen molar-refractivity contribution < 1.29 is 9.13 Å². The fourth-order valence-electron chi connectivity index (χ4n) is 1.73. The van der Waals surface area contributed by atoms with E-state index in [9.17, 15) is 4.39 Å². The number of hydrogen-bond acceptors (Lipinski definition) is 3. The Morgan fingerprint density at radius 3 is 2.70 bits per heavy atom. The molecule has 20 heavy (non-hydrogen) atoms. The zero-order valence-electron chi connectivity index (χ0n) is 9.98. The summed E-state index contributed by atoms with van der Waals surface area (Å²) in [7, 11) is 0. The molecule has 100 valence electrons. The van der Waals surface area contributed by atoms with E-state index in [0.29, 0.717) is 27.0 Å². The first kappa shape index (κ1) is 13.5. The fourth-order valence-corrected chi connectivity index (χ4v) is 2.30. The van der Waals surface area contributed by atoms with Crippen LogP contribution in [-0.4, -0.2) is 9.97 Å². The van der Waals surface area contributed by atoms with Crippen molar-refractivity contribution in [2.24, 2.45) is 0 Å². The fraction of sp³-hybridized carbons (Fsp3) is 0. The van der Waals surface area contributed by atoms with Crippen molar-refractivity contribution in [2.75, 3.05) is 0 Å². The Morgan fingerprint density at radius 1 is 1.05 bits per heavy atom. The van der Waals surface area contributed by atoms with Crippen molar-refractivity contribution in [3.8, 4) is 11.5 Å². The molecular formula is C14H7Br2FN2O. The third-order valence-electron chi connectivity index (χ3n) is 2.63. The predicted molar refractivity (Wildman–Crippen MR) is 81.4 cm³/mol. The van der Waals surface area contributed by atoms with E-state index < -0.39 is 0 Å². The highest BCUT2D eigenvalue weighted by atomic mass is 79.9. The molecule has 3 nitrogen and oxygen atoms in total. The van der Waals surface area contributed by atoms with Gasteiger partial charge in [-0.2, -0.15) is 0 Å². The maximum atomic E-state index is 13.5. The van der Waals surface area contributed by atoms with Crippen LogP contribution in [0.4, 0.5) is 4.39 Å². The van der Waals surface area contributed by atoms with Gasteiger partial charge in [0.05, 0.1) is 9.99 Å². The van der Waals surface area contributed by atoms with Crippen LogP contribution in [0.3, 0.4) is 0 Å². The zero-order chi connectivity index (χ0) is 14.1. The van der Waals surface area contributed by atoms with Crippen LogP contribution in [-0.2, 0) is 0 Å². The van der Waals surface area contributed by atoms with Gasteiger partial charge in [-0.3, -0.25) is 4.98 Å². The molecule has 0 bridgehead atoms. The first-order chi connectivity index (χ1) is 9.63. The number of fused-ring (bicyclic) bond motifs is 1. The molecule has 0 saturated carbocycles. The molecule has 0 radical (unpaired) electrons. The van der Waals surface area contributed by atoms with Crippen LogP contribution in [0.1, 0.15) is 0 Å². The van der Waals surface area contributed by atoms with Gasteiger partial charge in [0.15, 0.2) is 5.75 Å². The van der Waals surface area contributed by atoms with E-state index in [-0.39, 0.29) is 5.82 Å². The largest absolute Gasteiger partial charge is 0.455 e. The minimum atomic E-state index is -0.378. The summed E-state index contributed by atoms with van der Waals surface area (Å²) < 4.78 is 20.4. The number of pyridine rings is 2. The third-order valence-corrected chi connectivity index (χ3v) is 3.70. The molecule has 0 aliphatic carbocycles. The Balaban J connectivity index is 2.04. The molecule has 0 fully saturated rings. The lowest BCUT2D eigenvalue weighted by atomic mass is 10.3. The minimum absolute atomic E-state index is 0.378. The number of benzene rings is 1. The second kappa shape index (κ2) is 5.46. The number of halogens is 3. The van der Waals surface area contributed by atoms with Crippen molar-refractivity contribution in [3.05, 3.63) is 57.5 Å². The number of aromatic nitrogens is 2. The van der Waals surface area contributed by atoms with Crippen molar-refractivity contribution in [3.63, 3.8) is 0 Å². The normalized spacial score (nSPS) is 10.8. The van der Waals surface area contributed by atoms with Crippen LogP contribution in [0.25, 0.3) is 11.0 Å². The van der Waals surface area contributed by atoms with Gasteiger partial charge in [-0.15, -0.1) is 0 Å². The van der Waals surface area contributed by atoms with Gasteiger partial charge in [0.1, 0.15) is 17.1 Å². The van der Waals surface area contributed by atoms with E-state index in [1.54, 1.807) is 30.6 Å². The van der Waals surface area contributed by atoms with Gasteiger partial charge < -0.3 is 4.74 Å². The van der Waals surface area contributed by atoms with Gasteiger partial charge in [0.25, 0.3) is 0 Å². The molecule has 0 N–H and O–H groups in total. The molecule has 0 aliphatic heterocycles. The molecule has 0 aliphatic rings. The Kier molecular flexibility index (Phi) is 3.67. The molecule has 0 unspecified atom stereocenters. The highest BCUT2D eigenvalue weighted by molar-refractivity contribution is 9.10. The average molecular weight is 398 g/mol. The Morgan fingerprint density at radius 2 is 1.90 bits per heavy atom. The summed E-state index contributed by atoms with van der Waals surface area (Å²) in [6, 6.07) is 8.13. The summed E-state index contributed by atoms with van der Waals surface area (Å²) in [5, 5.41) is 0. The lowest BCUT2D eigenvalue weighted by molar-refractivity contribution is 0.480. The first-order valence-electron chi connectivity index (χ1n) is 5.66. The average Bonchev–Trinajstić information content (AvgIpc) is 2.43. The zero-order valence-corrected chi connectivity index (χ0v) is 13.2. The van der Waals surface area contributed by atoms with E-state index in [1.807, 2.05) is 6.07 Å². The Labute approximate surface area is 131 Å². The van der Waals surface area contributed by atoms with Gasteiger partial charge in [-0.05, 0) is 50.1 Å². The number of rotatable bonds is 2. The summed E-state index contributed by atoms with van der Waals surface area (Å²) in [4.78, 5) is 8.50. The summed E-state index contributed by atoms with van der Waals surface area (Å²) in [6.45, 7) is 0. The minimum Gasteiger partial charge on any atom is -0.455 e. The molecule has 3 rings (SSSR count). The van der Waals surface area contributed by atoms with Gasteiger partial charge in [0.2, 0.25) is 0 Å². The summed E-state index contributed by atoms with van der Waals surface area (Å²) in [5.41, 5.74) is 1.33. The van der Waals surface area contributed by atoms with Crippen LogP contribution in [0.5, 0.6) is 11.5 Å². The number of nitrogens with zero attached hydrogens (tertiary/aromatic N) is 2. The second-order valence-corrected chi connectivity index (χ2v) is 5.78. The van der Waals surface area contributed by atoms with Crippen LogP contribution < -0.4 is 4.74 Å². The van der Waals surface area contributed by atoms with Crippen LogP contribution in [0.15, 0.2) is 51.7 Å². The maximum absolute atomic E-state index is 13.5. The second-order valence-electron chi connectivity index (χ2n) is 4.01.